The lowest BCUT2D eigenvalue weighted by atomic mass is 10.0. The van der Waals surface area contributed by atoms with Gasteiger partial charge in [-0.2, -0.15) is 0 Å². The van der Waals surface area contributed by atoms with Gasteiger partial charge in [-0.1, -0.05) is 12.1 Å². The Hall–Kier alpha value is -1.02. The Morgan fingerprint density at radius 1 is 1.47 bits per heavy atom. The summed E-state index contributed by atoms with van der Waals surface area (Å²) in [5, 5.41) is 0. The highest BCUT2D eigenvalue weighted by Crippen LogP contribution is 2.22. The number of amides is 1. The maximum Gasteiger partial charge on any atom is 0.254 e. The van der Waals surface area contributed by atoms with Crippen molar-refractivity contribution in [3.8, 4) is 0 Å². The van der Waals surface area contributed by atoms with E-state index >= 15 is 0 Å². The third-order valence-corrected chi connectivity index (χ3v) is 4.06. The third kappa shape index (κ3) is 2.47. The van der Waals surface area contributed by atoms with Gasteiger partial charge in [0.15, 0.2) is 0 Å². The fourth-order valence-electron chi connectivity index (χ4n) is 2.30. The van der Waals surface area contributed by atoms with Crippen LogP contribution in [0.5, 0.6) is 0 Å². The van der Waals surface area contributed by atoms with Crippen LogP contribution < -0.4 is 0 Å². The molecule has 0 spiro atoms. The molecule has 2 rings (SSSR count). The van der Waals surface area contributed by atoms with Crippen molar-refractivity contribution in [3.63, 3.8) is 0 Å². The zero-order valence-corrected chi connectivity index (χ0v) is 11.1. The van der Waals surface area contributed by atoms with Gasteiger partial charge in [-0.05, 0) is 43.4 Å². The lowest BCUT2D eigenvalue weighted by molar-refractivity contribution is 0.0787. The van der Waals surface area contributed by atoms with Crippen molar-refractivity contribution in [1.29, 1.82) is 0 Å². The Morgan fingerprint density at radius 3 is 2.88 bits per heavy atom. The first-order chi connectivity index (χ1) is 8.13. The molecule has 1 aromatic carbocycles. The Kier molecular flexibility index (Phi) is 3.72. The molecule has 1 aromatic rings. The second-order valence-corrected chi connectivity index (χ2v) is 5.12. The number of carbonyl (C=O) groups is 1. The van der Waals surface area contributed by atoms with Gasteiger partial charge in [-0.25, -0.2) is 0 Å². The Balaban J connectivity index is 2.18. The summed E-state index contributed by atoms with van der Waals surface area (Å²) in [6, 6.07) is 5.90. The van der Waals surface area contributed by atoms with E-state index in [9.17, 15) is 4.79 Å². The van der Waals surface area contributed by atoms with Crippen LogP contribution in [0.2, 0.25) is 0 Å². The van der Waals surface area contributed by atoms with Crippen molar-refractivity contribution < 1.29 is 4.79 Å². The minimum absolute atomic E-state index is 0.152. The monoisotopic (exact) mass is 251 g/mol. The van der Waals surface area contributed by atoms with Crippen LogP contribution in [0, 0.1) is 19.8 Å². The molecular formula is C14H18ClNO. The molecule has 0 radical (unpaired) electrons. The van der Waals surface area contributed by atoms with E-state index in [4.69, 9.17) is 11.6 Å². The van der Waals surface area contributed by atoms with Gasteiger partial charge in [0.1, 0.15) is 0 Å². The van der Waals surface area contributed by atoms with Crippen molar-refractivity contribution in [2.75, 3.05) is 19.0 Å². The van der Waals surface area contributed by atoms with Crippen LogP contribution in [0.25, 0.3) is 0 Å². The van der Waals surface area contributed by atoms with Crippen molar-refractivity contribution >= 4 is 17.5 Å². The van der Waals surface area contributed by atoms with E-state index in [2.05, 4.69) is 0 Å². The highest BCUT2D eigenvalue weighted by Gasteiger charge is 2.27. The summed E-state index contributed by atoms with van der Waals surface area (Å²) in [4.78, 5) is 14.3. The predicted molar refractivity (Wildman–Crippen MR) is 70.6 cm³/mol. The normalized spacial score (nSPS) is 19.7. The fraction of sp³-hybridized carbons (Fsp3) is 0.500. The topological polar surface area (TPSA) is 20.3 Å². The molecule has 0 aromatic heterocycles. The highest BCUT2D eigenvalue weighted by atomic mass is 35.5. The van der Waals surface area contributed by atoms with Gasteiger partial charge < -0.3 is 4.90 Å². The van der Waals surface area contributed by atoms with E-state index < -0.39 is 0 Å². The van der Waals surface area contributed by atoms with Gasteiger partial charge in [0.25, 0.3) is 5.91 Å². The minimum atomic E-state index is 0.152. The zero-order valence-electron chi connectivity index (χ0n) is 10.4. The van der Waals surface area contributed by atoms with Gasteiger partial charge in [0.2, 0.25) is 0 Å². The lowest BCUT2D eigenvalue weighted by Gasteiger charge is -2.18. The van der Waals surface area contributed by atoms with Crippen LogP contribution in [-0.2, 0) is 0 Å². The first kappa shape index (κ1) is 12.4. The fourth-order valence-corrected chi connectivity index (χ4v) is 2.55. The van der Waals surface area contributed by atoms with E-state index in [0.717, 1.165) is 30.6 Å². The summed E-state index contributed by atoms with van der Waals surface area (Å²) in [5.74, 6) is 1.26. The SMILES string of the molecule is Cc1cccc(C(=O)N2CCC(CCl)C2)c1C. The van der Waals surface area contributed by atoms with Crippen LogP contribution in [-0.4, -0.2) is 29.8 Å². The number of halogens is 1. The van der Waals surface area contributed by atoms with E-state index in [1.54, 1.807) is 0 Å². The zero-order chi connectivity index (χ0) is 12.4. The van der Waals surface area contributed by atoms with Gasteiger partial charge in [0.05, 0.1) is 0 Å². The van der Waals surface area contributed by atoms with Crippen molar-refractivity contribution in [1.82, 2.24) is 4.90 Å². The lowest BCUT2D eigenvalue weighted by Crippen LogP contribution is -2.29. The minimum Gasteiger partial charge on any atom is -0.338 e. The maximum atomic E-state index is 12.4. The summed E-state index contributed by atoms with van der Waals surface area (Å²) in [7, 11) is 0. The Labute approximate surface area is 108 Å². The van der Waals surface area contributed by atoms with Crippen LogP contribution in [0.1, 0.15) is 27.9 Å². The van der Waals surface area contributed by atoms with Crippen LogP contribution in [0.15, 0.2) is 18.2 Å². The summed E-state index contributed by atoms with van der Waals surface area (Å²) >= 11 is 5.84. The molecule has 1 unspecified atom stereocenters. The average molecular weight is 252 g/mol. The summed E-state index contributed by atoms with van der Waals surface area (Å²) in [6.45, 7) is 5.69. The van der Waals surface area contributed by atoms with Crippen LogP contribution in [0.4, 0.5) is 0 Å². The molecule has 1 aliphatic heterocycles. The van der Waals surface area contributed by atoms with E-state index in [1.807, 2.05) is 36.9 Å². The van der Waals surface area contributed by atoms with E-state index in [-0.39, 0.29) is 5.91 Å². The second kappa shape index (κ2) is 5.09. The van der Waals surface area contributed by atoms with E-state index in [1.165, 1.54) is 5.56 Å². The number of alkyl halides is 1. The molecule has 92 valence electrons. The molecule has 0 aliphatic carbocycles. The number of aryl methyl sites for hydroxylation is 1. The maximum absolute atomic E-state index is 12.4. The molecule has 0 N–H and O–H groups in total. The van der Waals surface area contributed by atoms with Gasteiger partial charge in [0, 0.05) is 24.5 Å². The summed E-state index contributed by atoms with van der Waals surface area (Å²) < 4.78 is 0. The van der Waals surface area contributed by atoms with Gasteiger partial charge >= 0.3 is 0 Å². The van der Waals surface area contributed by atoms with Gasteiger partial charge in [-0.3, -0.25) is 4.79 Å². The number of likely N-dealkylation sites (tertiary alicyclic amines) is 1. The average Bonchev–Trinajstić information content (AvgIpc) is 2.80. The van der Waals surface area contributed by atoms with Crippen LogP contribution in [0.3, 0.4) is 0 Å². The smallest absolute Gasteiger partial charge is 0.254 e. The summed E-state index contributed by atoms with van der Waals surface area (Å²) in [6.07, 6.45) is 1.03. The number of rotatable bonds is 2. The van der Waals surface area contributed by atoms with Crippen molar-refractivity contribution in [3.05, 3.63) is 34.9 Å². The largest absolute Gasteiger partial charge is 0.338 e. The molecule has 17 heavy (non-hydrogen) atoms. The van der Waals surface area contributed by atoms with Crippen LogP contribution >= 0.6 is 11.6 Å². The molecule has 3 heteroatoms. The van der Waals surface area contributed by atoms with E-state index in [0.29, 0.717) is 11.8 Å². The molecule has 0 bridgehead atoms. The number of nitrogens with zero attached hydrogens (tertiary/aromatic N) is 1. The first-order valence-electron chi connectivity index (χ1n) is 6.05. The first-order valence-corrected chi connectivity index (χ1v) is 6.58. The Morgan fingerprint density at radius 2 is 2.24 bits per heavy atom. The van der Waals surface area contributed by atoms with Crippen molar-refractivity contribution in [2.24, 2.45) is 5.92 Å². The molecular weight excluding hydrogens is 234 g/mol. The summed E-state index contributed by atoms with van der Waals surface area (Å²) in [5.41, 5.74) is 3.09. The third-order valence-electron chi connectivity index (χ3n) is 3.63. The predicted octanol–water partition coefficient (Wildman–Crippen LogP) is 3.00. The number of hydrogen-bond donors (Lipinski definition) is 0. The molecule has 1 amide bonds. The quantitative estimate of drug-likeness (QED) is 0.740. The molecule has 1 saturated heterocycles. The second-order valence-electron chi connectivity index (χ2n) is 4.81. The standard InChI is InChI=1S/C14H18ClNO/c1-10-4-3-5-13(11(10)2)14(17)16-7-6-12(8-15)9-16/h3-5,12H,6-9H2,1-2H3. The molecule has 1 aliphatic rings. The number of carbonyl (C=O) groups excluding carboxylic acids is 1. The molecule has 1 heterocycles. The number of benzene rings is 1. The molecule has 1 atom stereocenters. The molecule has 1 fully saturated rings. The number of hydrogen-bond acceptors (Lipinski definition) is 1. The molecule has 0 saturated carbocycles. The molecule has 2 nitrogen and oxygen atoms in total. The van der Waals surface area contributed by atoms with Gasteiger partial charge in [-0.15, -0.1) is 11.6 Å². The van der Waals surface area contributed by atoms with Crippen molar-refractivity contribution in [2.45, 2.75) is 20.3 Å². The highest BCUT2D eigenvalue weighted by molar-refractivity contribution is 6.18. The Bertz CT molecular complexity index is 430.